The summed E-state index contributed by atoms with van der Waals surface area (Å²) in [5, 5.41) is 26.6. The third-order valence-corrected chi connectivity index (χ3v) is 13.5. The van der Waals surface area contributed by atoms with Crippen molar-refractivity contribution in [1.29, 1.82) is 10.5 Å². The molecule has 0 unspecified atom stereocenters. The lowest BCUT2D eigenvalue weighted by atomic mass is 9.83. The third kappa shape index (κ3) is 6.58. The minimum atomic E-state index is -1.96. The Morgan fingerprint density at radius 3 is 2.58 bits per heavy atom. The Morgan fingerprint density at radius 2 is 1.88 bits per heavy atom. The highest BCUT2D eigenvalue weighted by atomic mass is 28.4. The van der Waals surface area contributed by atoms with Gasteiger partial charge in [0.05, 0.1) is 41.8 Å². The van der Waals surface area contributed by atoms with Gasteiger partial charge in [-0.15, -0.1) is 0 Å². The molecule has 0 saturated carbocycles. The second-order valence-corrected chi connectivity index (χ2v) is 18.1. The van der Waals surface area contributed by atoms with Gasteiger partial charge in [-0.3, -0.25) is 4.90 Å². The van der Waals surface area contributed by atoms with E-state index < -0.39 is 8.32 Å². The van der Waals surface area contributed by atoms with Crippen molar-refractivity contribution in [2.75, 3.05) is 50.1 Å². The number of anilines is 3. The molecule has 3 heterocycles. The van der Waals surface area contributed by atoms with Crippen LogP contribution in [0.3, 0.4) is 0 Å². The van der Waals surface area contributed by atoms with Crippen molar-refractivity contribution in [3.8, 4) is 23.4 Å². The van der Waals surface area contributed by atoms with Crippen molar-refractivity contribution in [1.82, 2.24) is 14.9 Å². The fraction of sp³-hybridized carbons (Fsp3) is 0.455. The summed E-state index contributed by atoms with van der Waals surface area (Å²) in [6.07, 6.45) is 1.72. The average Bonchev–Trinajstić information content (AvgIpc) is 3.33. The molecule has 43 heavy (non-hydrogen) atoms. The molecule has 0 spiro atoms. The van der Waals surface area contributed by atoms with Crippen LogP contribution in [0.25, 0.3) is 11.3 Å². The Labute approximate surface area is 256 Å². The number of morpholine rings is 1. The number of nitriles is 2. The molecule has 3 aromatic rings. The maximum Gasteiger partial charge on any atom is 0.227 e. The number of benzene rings is 2. The molecule has 9 nitrogen and oxygen atoms in total. The quantitative estimate of drug-likeness (QED) is 0.295. The predicted octanol–water partition coefficient (Wildman–Crippen LogP) is 6.17. The number of fused-ring (bicyclic) bond motifs is 1. The van der Waals surface area contributed by atoms with Gasteiger partial charge in [-0.2, -0.15) is 10.5 Å². The Bertz CT molecular complexity index is 1580. The molecule has 2 aliphatic heterocycles. The van der Waals surface area contributed by atoms with Crippen LogP contribution in [0.2, 0.25) is 18.1 Å². The van der Waals surface area contributed by atoms with Gasteiger partial charge in [0.1, 0.15) is 6.07 Å². The maximum atomic E-state index is 10.1. The van der Waals surface area contributed by atoms with Crippen molar-refractivity contribution >= 4 is 25.6 Å². The zero-order valence-electron chi connectivity index (χ0n) is 26.0. The lowest BCUT2D eigenvalue weighted by molar-refractivity contribution is 0.0343. The van der Waals surface area contributed by atoms with Crippen LogP contribution >= 0.6 is 0 Å². The standard InChI is InChI=1S/C33H41N7O2Si/c1-32(2,3)43(5,6)42-22-33(4)21-37-30-26(19-35)16-25(17-27(30)33)28-9-10-36-31(38-28)39-29-15-23(18-34)7-8-24(29)20-40-11-13-41-14-12-40/h7-10,15-17,37H,11-14,20-22H2,1-6H3,(H,36,38,39)/t33-/m1/s1. The highest BCUT2D eigenvalue weighted by molar-refractivity contribution is 6.74. The predicted molar refractivity (Wildman–Crippen MR) is 172 cm³/mol. The zero-order chi connectivity index (χ0) is 30.8. The van der Waals surface area contributed by atoms with Gasteiger partial charge < -0.3 is 19.8 Å². The Balaban J connectivity index is 1.44. The highest BCUT2D eigenvalue weighted by Crippen LogP contribution is 2.44. The van der Waals surface area contributed by atoms with Crippen molar-refractivity contribution in [2.24, 2.45) is 0 Å². The van der Waals surface area contributed by atoms with E-state index in [9.17, 15) is 10.5 Å². The van der Waals surface area contributed by atoms with Gasteiger partial charge in [0.15, 0.2) is 8.32 Å². The van der Waals surface area contributed by atoms with Crippen LogP contribution in [-0.4, -0.2) is 62.6 Å². The third-order valence-electron chi connectivity index (χ3n) is 9.06. The van der Waals surface area contributed by atoms with Crippen LogP contribution in [0.5, 0.6) is 0 Å². The molecular weight excluding hydrogens is 554 g/mol. The Kier molecular flexibility index (Phi) is 8.60. The summed E-state index contributed by atoms with van der Waals surface area (Å²) in [6, 6.07) is 16.2. The van der Waals surface area contributed by atoms with Crippen molar-refractivity contribution in [3.63, 3.8) is 0 Å². The molecule has 10 heteroatoms. The molecule has 1 saturated heterocycles. The van der Waals surface area contributed by atoms with Crippen LogP contribution in [0.15, 0.2) is 42.6 Å². The second kappa shape index (κ2) is 12.1. The van der Waals surface area contributed by atoms with Gasteiger partial charge in [0.25, 0.3) is 0 Å². The molecular formula is C33H41N7O2Si. The van der Waals surface area contributed by atoms with Crippen LogP contribution in [0, 0.1) is 22.7 Å². The molecule has 1 aromatic heterocycles. The average molecular weight is 596 g/mol. The van der Waals surface area contributed by atoms with Crippen LogP contribution in [0.1, 0.15) is 49.9 Å². The van der Waals surface area contributed by atoms with E-state index >= 15 is 0 Å². The summed E-state index contributed by atoms with van der Waals surface area (Å²) in [7, 11) is -1.96. The first-order valence-corrected chi connectivity index (χ1v) is 17.7. The van der Waals surface area contributed by atoms with E-state index in [2.05, 4.69) is 79.5 Å². The normalized spacial score (nSPS) is 18.8. The van der Waals surface area contributed by atoms with Crippen LogP contribution in [0.4, 0.5) is 17.3 Å². The SMILES string of the molecule is CC(C)(C)[Si](C)(C)OC[C@@]1(C)CNc2c(C#N)cc(-c3ccnc(Nc4cc(C#N)ccc4CN4CCOCC4)n3)cc21. The van der Waals surface area contributed by atoms with Crippen molar-refractivity contribution < 1.29 is 9.16 Å². The lowest BCUT2D eigenvalue weighted by Gasteiger charge is -2.39. The molecule has 2 aliphatic rings. The topological polar surface area (TPSA) is 119 Å². The summed E-state index contributed by atoms with van der Waals surface area (Å²) >= 11 is 0. The van der Waals surface area contributed by atoms with E-state index in [-0.39, 0.29) is 10.5 Å². The number of aromatic nitrogens is 2. The number of nitrogens with zero attached hydrogens (tertiary/aromatic N) is 5. The minimum absolute atomic E-state index is 0.108. The Hall–Kier alpha value is -3.80. The molecule has 1 fully saturated rings. The lowest BCUT2D eigenvalue weighted by Crippen LogP contribution is -2.45. The smallest absolute Gasteiger partial charge is 0.227 e. The van der Waals surface area contributed by atoms with E-state index in [0.717, 1.165) is 47.7 Å². The maximum absolute atomic E-state index is 10.1. The molecule has 0 aliphatic carbocycles. The molecule has 2 N–H and O–H groups in total. The second-order valence-electron chi connectivity index (χ2n) is 13.3. The van der Waals surface area contributed by atoms with Gasteiger partial charge in [0, 0.05) is 55.6 Å². The van der Waals surface area contributed by atoms with Gasteiger partial charge in [-0.05, 0) is 59.6 Å². The number of rotatable bonds is 8. The molecule has 5 rings (SSSR count). The molecule has 0 bridgehead atoms. The number of hydrogen-bond donors (Lipinski definition) is 2. The van der Waals surface area contributed by atoms with Crippen LogP contribution in [-0.2, 0) is 21.1 Å². The monoisotopic (exact) mass is 595 g/mol. The first kappa shape index (κ1) is 30.6. The molecule has 0 radical (unpaired) electrons. The van der Waals surface area contributed by atoms with E-state index in [1.54, 1.807) is 6.20 Å². The number of ether oxygens (including phenoxy) is 1. The van der Waals surface area contributed by atoms with Crippen molar-refractivity contribution in [2.45, 2.75) is 57.8 Å². The molecule has 224 valence electrons. The van der Waals surface area contributed by atoms with E-state index in [4.69, 9.17) is 14.1 Å². The van der Waals surface area contributed by atoms with E-state index in [0.29, 0.717) is 49.1 Å². The van der Waals surface area contributed by atoms with Gasteiger partial charge in [-0.25, -0.2) is 9.97 Å². The van der Waals surface area contributed by atoms with Gasteiger partial charge in [0.2, 0.25) is 5.95 Å². The van der Waals surface area contributed by atoms with Gasteiger partial charge in [-0.1, -0.05) is 33.8 Å². The molecule has 1 atom stereocenters. The summed E-state index contributed by atoms with van der Waals surface area (Å²) in [6.45, 7) is 18.6. The fourth-order valence-electron chi connectivity index (χ4n) is 5.21. The first-order valence-electron chi connectivity index (χ1n) is 14.8. The molecule has 0 amide bonds. The number of nitrogens with one attached hydrogen (secondary N) is 2. The van der Waals surface area contributed by atoms with E-state index in [1.807, 2.05) is 30.3 Å². The zero-order valence-corrected chi connectivity index (χ0v) is 27.0. The largest absolute Gasteiger partial charge is 0.416 e. The highest BCUT2D eigenvalue weighted by Gasteiger charge is 2.42. The first-order chi connectivity index (χ1) is 20.4. The fourth-order valence-corrected chi connectivity index (χ4v) is 6.32. The summed E-state index contributed by atoms with van der Waals surface area (Å²) in [5.74, 6) is 0.428. The van der Waals surface area contributed by atoms with E-state index in [1.165, 1.54) is 0 Å². The van der Waals surface area contributed by atoms with Crippen LogP contribution < -0.4 is 10.6 Å². The number of hydrogen-bond acceptors (Lipinski definition) is 9. The molecule has 2 aromatic carbocycles. The summed E-state index contributed by atoms with van der Waals surface area (Å²) in [4.78, 5) is 11.7. The Morgan fingerprint density at radius 1 is 1.12 bits per heavy atom. The van der Waals surface area contributed by atoms with Gasteiger partial charge >= 0.3 is 0 Å². The summed E-state index contributed by atoms with van der Waals surface area (Å²) in [5.41, 5.74) is 6.23. The van der Waals surface area contributed by atoms with Crippen molar-refractivity contribution in [3.05, 3.63) is 64.8 Å². The minimum Gasteiger partial charge on any atom is -0.416 e. The summed E-state index contributed by atoms with van der Waals surface area (Å²) < 4.78 is 12.2.